The van der Waals surface area contributed by atoms with Gasteiger partial charge in [0.05, 0.1) is 11.6 Å². The monoisotopic (exact) mass is 275 g/mol. The van der Waals surface area contributed by atoms with Gasteiger partial charge in [0.25, 0.3) is 0 Å². The molecule has 20 heavy (non-hydrogen) atoms. The number of nitrogens with one attached hydrogen (secondary N) is 1. The molecule has 2 heterocycles. The lowest BCUT2D eigenvalue weighted by Crippen LogP contribution is -2.41. The predicted octanol–water partition coefficient (Wildman–Crippen LogP) is 3.23. The maximum absolute atomic E-state index is 6.06. The van der Waals surface area contributed by atoms with Gasteiger partial charge < -0.3 is 14.8 Å². The summed E-state index contributed by atoms with van der Waals surface area (Å²) in [6.07, 6.45) is 3.59. The van der Waals surface area contributed by atoms with Crippen LogP contribution in [0.15, 0.2) is 18.2 Å². The third-order valence-corrected chi connectivity index (χ3v) is 4.52. The van der Waals surface area contributed by atoms with E-state index in [0.717, 1.165) is 38.2 Å². The Labute approximate surface area is 121 Å². The molecule has 110 valence electrons. The van der Waals surface area contributed by atoms with E-state index >= 15 is 0 Å². The van der Waals surface area contributed by atoms with Crippen molar-refractivity contribution in [2.75, 3.05) is 13.2 Å². The molecule has 1 aromatic rings. The lowest BCUT2D eigenvalue weighted by molar-refractivity contribution is -0.0121. The Kier molecular flexibility index (Phi) is 3.74. The number of benzene rings is 1. The first-order chi connectivity index (χ1) is 9.62. The minimum atomic E-state index is -0.0880. The summed E-state index contributed by atoms with van der Waals surface area (Å²) >= 11 is 0. The van der Waals surface area contributed by atoms with Gasteiger partial charge in [-0.1, -0.05) is 19.1 Å². The summed E-state index contributed by atoms with van der Waals surface area (Å²) in [5.41, 5.74) is 2.57. The third-order valence-electron chi connectivity index (χ3n) is 4.52. The number of hydrogen-bond donors (Lipinski definition) is 1. The first-order valence-corrected chi connectivity index (χ1v) is 7.79. The Morgan fingerprint density at radius 1 is 1.45 bits per heavy atom. The second-order valence-corrected chi connectivity index (χ2v) is 6.26. The molecule has 0 amide bonds. The highest BCUT2D eigenvalue weighted by Gasteiger charge is 2.39. The summed E-state index contributed by atoms with van der Waals surface area (Å²) in [5, 5.41) is 3.62. The van der Waals surface area contributed by atoms with Crippen LogP contribution in [0, 0.1) is 0 Å². The van der Waals surface area contributed by atoms with Gasteiger partial charge in [-0.3, -0.25) is 0 Å². The lowest BCUT2D eigenvalue weighted by Gasteiger charge is -2.34. The van der Waals surface area contributed by atoms with E-state index in [1.807, 2.05) is 0 Å². The van der Waals surface area contributed by atoms with Crippen LogP contribution in [0.3, 0.4) is 0 Å². The van der Waals surface area contributed by atoms with Gasteiger partial charge in [-0.15, -0.1) is 0 Å². The Balaban J connectivity index is 1.90. The van der Waals surface area contributed by atoms with Crippen LogP contribution >= 0.6 is 0 Å². The third kappa shape index (κ3) is 2.45. The van der Waals surface area contributed by atoms with Crippen molar-refractivity contribution < 1.29 is 9.47 Å². The normalized spacial score (nSPS) is 30.1. The number of rotatable bonds is 4. The zero-order valence-electron chi connectivity index (χ0n) is 12.7. The van der Waals surface area contributed by atoms with Crippen LogP contribution in [0.25, 0.3) is 0 Å². The van der Waals surface area contributed by atoms with Crippen molar-refractivity contribution in [1.82, 2.24) is 5.32 Å². The molecule has 3 rings (SSSR count). The quantitative estimate of drug-likeness (QED) is 0.915. The summed E-state index contributed by atoms with van der Waals surface area (Å²) in [5.74, 6) is 1.05. The number of ether oxygens (including phenoxy) is 2. The van der Waals surface area contributed by atoms with Crippen LogP contribution < -0.4 is 10.1 Å². The zero-order valence-corrected chi connectivity index (χ0v) is 12.7. The average molecular weight is 275 g/mol. The molecular weight excluding hydrogens is 250 g/mol. The summed E-state index contributed by atoms with van der Waals surface area (Å²) in [6.45, 7) is 8.35. The van der Waals surface area contributed by atoms with Crippen LogP contribution in [0.5, 0.6) is 5.75 Å². The molecular formula is C17H25NO2. The highest BCUT2D eigenvalue weighted by molar-refractivity contribution is 5.42. The van der Waals surface area contributed by atoms with Gasteiger partial charge >= 0.3 is 0 Å². The highest BCUT2D eigenvalue weighted by atomic mass is 16.5. The first kappa shape index (κ1) is 13.9. The van der Waals surface area contributed by atoms with Crippen molar-refractivity contribution in [2.24, 2.45) is 0 Å². The van der Waals surface area contributed by atoms with Gasteiger partial charge in [-0.25, -0.2) is 0 Å². The van der Waals surface area contributed by atoms with Crippen LogP contribution in [0.1, 0.15) is 50.8 Å². The SMILES string of the molecule is CCNC(c1ccc2c(c1)CC(C)O2)C1(C)CCCO1. The molecule has 3 unspecified atom stereocenters. The van der Waals surface area contributed by atoms with Crippen molar-refractivity contribution in [3.05, 3.63) is 29.3 Å². The average Bonchev–Trinajstić information content (AvgIpc) is 3.00. The van der Waals surface area contributed by atoms with E-state index in [1.54, 1.807) is 0 Å². The molecule has 3 nitrogen and oxygen atoms in total. The van der Waals surface area contributed by atoms with E-state index in [0.29, 0.717) is 6.10 Å². The Morgan fingerprint density at radius 3 is 3.00 bits per heavy atom. The maximum Gasteiger partial charge on any atom is 0.123 e. The molecule has 1 fully saturated rings. The van der Waals surface area contributed by atoms with E-state index in [9.17, 15) is 0 Å². The molecule has 1 saturated heterocycles. The molecule has 0 spiro atoms. The second kappa shape index (κ2) is 5.38. The zero-order chi connectivity index (χ0) is 14.2. The maximum atomic E-state index is 6.06. The fourth-order valence-corrected chi connectivity index (χ4v) is 3.54. The van der Waals surface area contributed by atoms with Crippen molar-refractivity contribution >= 4 is 0 Å². The molecule has 1 aromatic carbocycles. The predicted molar refractivity (Wildman–Crippen MR) is 80.2 cm³/mol. The van der Waals surface area contributed by atoms with Gasteiger partial charge in [-0.2, -0.15) is 0 Å². The van der Waals surface area contributed by atoms with Crippen LogP contribution in [0.2, 0.25) is 0 Å². The Hall–Kier alpha value is -1.06. The van der Waals surface area contributed by atoms with Gasteiger partial charge in [0.1, 0.15) is 11.9 Å². The molecule has 3 heteroatoms. The summed E-state index contributed by atoms with van der Waals surface area (Å²) in [7, 11) is 0. The molecule has 0 aliphatic carbocycles. The number of likely N-dealkylation sites (N-methyl/N-ethyl adjacent to an activating group) is 1. The summed E-state index contributed by atoms with van der Waals surface area (Å²) < 4.78 is 11.9. The largest absolute Gasteiger partial charge is 0.490 e. The van der Waals surface area contributed by atoms with E-state index < -0.39 is 0 Å². The minimum Gasteiger partial charge on any atom is -0.490 e. The molecule has 0 bridgehead atoms. The number of fused-ring (bicyclic) bond motifs is 1. The van der Waals surface area contributed by atoms with Crippen molar-refractivity contribution in [3.63, 3.8) is 0 Å². The van der Waals surface area contributed by atoms with E-state index in [1.165, 1.54) is 11.1 Å². The minimum absolute atomic E-state index is 0.0880. The highest BCUT2D eigenvalue weighted by Crippen LogP contribution is 2.39. The number of hydrogen-bond acceptors (Lipinski definition) is 3. The lowest BCUT2D eigenvalue weighted by atomic mass is 9.86. The van der Waals surface area contributed by atoms with Gasteiger partial charge in [0.15, 0.2) is 0 Å². The van der Waals surface area contributed by atoms with Crippen molar-refractivity contribution in [3.8, 4) is 5.75 Å². The van der Waals surface area contributed by atoms with Crippen LogP contribution in [-0.2, 0) is 11.2 Å². The van der Waals surface area contributed by atoms with Gasteiger partial charge in [-0.05, 0) is 50.4 Å². The van der Waals surface area contributed by atoms with E-state index in [-0.39, 0.29) is 11.6 Å². The summed E-state index contributed by atoms with van der Waals surface area (Å²) in [6, 6.07) is 6.88. The van der Waals surface area contributed by atoms with Crippen molar-refractivity contribution in [1.29, 1.82) is 0 Å². The smallest absolute Gasteiger partial charge is 0.123 e. The standard InChI is InChI=1S/C17H25NO2/c1-4-18-16(17(3)8-5-9-19-17)13-6-7-15-14(11-13)10-12(2)20-15/h6-7,11-12,16,18H,4-5,8-10H2,1-3H3. The topological polar surface area (TPSA) is 30.5 Å². The molecule has 0 radical (unpaired) electrons. The van der Waals surface area contributed by atoms with Gasteiger partial charge in [0.2, 0.25) is 0 Å². The van der Waals surface area contributed by atoms with E-state index in [4.69, 9.17) is 9.47 Å². The van der Waals surface area contributed by atoms with Gasteiger partial charge in [0, 0.05) is 13.0 Å². The van der Waals surface area contributed by atoms with Crippen molar-refractivity contribution in [2.45, 2.75) is 57.8 Å². The second-order valence-electron chi connectivity index (χ2n) is 6.26. The molecule has 2 aliphatic heterocycles. The fraction of sp³-hybridized carbons (Fsp3) is 0.647. The van der Waals surface area contributed by atoms with Crippen LogP contribution in [-0.4, -0.2) is 24.9 Å². The molecule has 2 aliphatic rings. The molecule has 3 atom stereocenters. The Bertz CT molecular complexity index is 480. The van der Waals surface area contributed by atoms with Crippen LogP contribution in [0.4, 0.5) is 0 Å². The fourth-order valence-electron chi connectivity index (χ4n) is 3.54. The summed E-state index contributed by atoms with van der Waals surface area (Å²) in [4.78, 5) is 0. The molecule has 0 saturated carbocycles. The Morgan fingerprint density at radius 2 is 2.30 bits per heavy atom. The van der Waals surface area contributed by atoms with E-state index in [2.05, 4.69) is 44.3 Å². The first-order valence-electron chi connectivity index (χ1n) is 7.79. The molecule has 1 N–H and O–H groups in total. The molecule has 0 aromatic heterocycles.